The number of methoxy groups -OCH3 is 1. The fourth-order valence-corrected chi connectivity index (χ4v) is 5.68. The minimum atomic E-state index is -0.447. The van der Waals surface area contributed by atoms with Crippen LogP contribution in [0.1, 0.15) is 34.5 Å². The number of piperidine rings is 1. The van der Waals surface area contributed by atoms with Crippen molar-refractivity contribution in [2.45, 2.75) is 32.4 Å². The summed E-state index contributed by atoms with van der Waals surface area (Å²) in [6.07, 6.45) is 2.80. The third kappa shape index (κ3) is 5.18. The Morgan fingerprint density at radius 2 is 1.89 bits per heavy atom. The van der Waals surface area contributed by atoms with Gasteiger partial charge in [-0.3, -0.25) is 9.69 Å². The summed E-state index contributed by atoms with van der Waals surface area (Å²) in [5.74, 6) is 0.290. The first-order valence-corrected chi connectivity index (χ1v) is 12.9. The molecule has 0 radical (unpaired) electrons. The van der Waals surface area contributed by atoms with Crippen molar-refractivity contribution in [3.05, 3.63) is 75.7 Å². The molecule has 7 heteroatoms. The standard InChI is InChI=1S/C29H35N3O4/c1-30-13-6-7-21(18-30)20-36-26-17-27(33)32-16-15-31(14-12-25(32)28(26)29(34)35-2)19-23-10-5-9-22-8-3-4-11-24(22)23/h3-5,8-11,17,21H,6-7,12-16,18-20H2,1-2H3/t21-/m0/s1. The molecule has 1 atom stereocenters. The molecule has 2 aromatic carbocycles. The predicted molar refractivity (Wildman–Crippen MR) is 141 cm³/mol. The number of pyridine rings is 1. The molecule has 2 aliphatic heterocycles. The second-order valence-corrected chi connectivity index (χ2v) is 10.1. The molecule has 1 saturated heterocycles. The van der Waals surface area contributed by atoms with Gasteiger partial charge >= 0.3 is 5.97 Å². The van der Waals surface area contributed by atoms with E-state index < -0.39 is 5.97 Å². The van der Waals surface area contributed by atoms with Crippen LogP contribution in [0.3, 0.4) is 0 Å². The molecule has 0 saturated carbocycles. The second kappa shape index (κ2) is 10.8. The highest BCUT2D eigenvalue weighted by Crippen LogP contribution is 2.27. The Balaban J connectivity index is 1.38. The first-order chi connectivity index (χ1) is 17.5. The molecule has 0 N–H and O–H groups in total. The van der Waals surface area contributed by atoms with Gasteiger partial charge in [-0.1, -0.05) is 42.5 Å². The predicted octanol–water partition coefficient (Wildman–Crippen LogP) is 3.57. The van der Waals surface area contributed by atoms with Gasteiger partial charge < -0.3 is 18.9 Å². The quantitative estimate of drug-likeness (QED) is 0.494. The lowest BCUT2D eigenvalue weighted by Gasteiger charge is -2.29. The van der Waals surface area contributed by atoms with Crippen molar-refractivity contribution in [2.75, 3.05) is 46.9 Å². The van der Waals surface area contributed by atoms with Crippen molar-refractivity contribution >= 4 is 16.7 Å². The van der Waals surface area contributed by atoms with Gasteiger partial charge in [0, 0.05) is 56.8 Å². The van der Waals surface area contributed by atoms with Crippen molar-refractivity contribution < 1.29 is 14.3 Å². The molecule has 1 aromatic heterocycles. The maximum atomic E-state index is 13.1. The number of esters is 1. The van der Waals surface area contributed by atoms with E-state index in [1.165, 1.54) is 29.5 Å². The Morgan fingerprint density at radius 3 is 2.72 bits per heavy atom. The molecule has 5 rings (SSSR count). The van der Waals surface area contributed by atoms with Gasteiger partial charge in [-0.05, 0) is 42.8 Å². The van der Waals surface area contributed by atoms with Crippen LogP contribution in [0.5, 0.6) is 5.75 Å². The Labute approximate surface area is 212 Å². The minimum Gasteiger partial charge on any atom is -0.492 e. The number of rotatable bonds is 6. The summed E-state index contributed by atoms with van der Waals surface area (Å²) >= 11 is 0. The van der Waals surface area contributed by atoms with Gasteiger partial charge in [-0.15, -0.1) is 0 Å². The third-order valence-corrected chi connectivity index (χ3v) is 7.55. The molecule has 0 bridgehead atoms. The number of likely N-dealkylation sites (tertiary alicyclic amines) is 1. The Morgan fingerprint density at radius 1 is 1.06 bits per heavy atom. The molecular weight excluding hydrogens is 454 g/mol. The van der Waals surface area contributed by atoms with Crippen LogP contribution in [0.25, 0.3) is 10.8 Å². The number of aromatic nitrogens is 1. The minimum absolute atomic E-state index is 0.125. The Kier molecular flexibility index (Phi) is 7.39. The van der Waals surface area contributed by atoms with E-state index in [2.05, 4.69) is 59.3 Å². The lowest BCUT2D eigenvalue weighted by molar-refractivity contribution is 0.0590. The van der Waals surface area contributed by atoms with Gasteiger partial charge in [0.05, 0.1) is 13.7 Å². The second-order valence-electron chi connectivity index (χ2n) is 10.1. The van der Waals surface area contributed by atoms with E-state index in [0.29, 0.717) is 42.5 Å². The monoisotopic (exact) mass is 489 g/mol. The topological polar surface area (TPSA) is 64.0 Å². The van der Waals surface area contributed by atoms with Crippen molar-refractivity contribution in [1.82, 2.24) is 14.4 Å². The number of nitrogens with zero attached hydrogens (tertiary/aromatic N) is 3. The highest BCUT2D eigenvalue weighted by atomic mass is 16.5. The van der Waals surface area contributed by atoms with E-state index in [0.717, 1.165) is 45.6 Å². The lowest BCUT2D eigenvalue weighted by atomic mass is 9.99. The maximum absolute atomic E-state index is 13.1. The SMILES string of the molecule is COC(=O)c1c(OC[C@H]2CCCN(C)C2)cc(=O)n2c1CCN(Cc1cccc3ccccc13)CC2. The normalized spacial score (nSPS) is 19.0. The van der Waals surface area contributed by atoms with Gasteiger partial charge in [0.25, 0.3) is 5.56 Å². The van der Waals surface area contributed by atoms with Crippen LogP contribution in [-0.2, 0) is 24.2 Å². The van der Waals surface area contributed by atoms with Crippen LogP contribution in [0.4, 0.5) is 0 Å². The van der Waals surface area contributed by atoms with E-state index >= 15 is 0 Å². The van der Waals surface area contributed by atoms with Crippen LogP contribution in [0.15, 0.2) is 53.3 Å². The molecule has 3 aromatic rings. The summed E-state index contributed by atoms with van der Waals surface area (Å²) in [7, 11) is 3.50. The van der Waals surface area contributed by atoms with E-state index in [1.54, 1.807) is 4.57 Å². The zero-order chi connectivity index (χ0) is 25.1. The van der Waals surface area contributed by atoms with Crippen molar-refractivity contribution in [1.29, 1.82) is 0 Å². The first kappa shape index (κ1) is 24.5. The molecular formula is C29H35N3O4. The molecule has 0 amide bonds. The molecule has 0 unspecified atom stereocenters. The zero-order valence-corrected chi connectivity index (χ0v) is 21.2. The van der Waals surface area contributed by atoms with E-state index in [-0.39, 0.29) is 5.56 Å². The van der Waals surface area contributed by atoms with Crippen LogP contribution in [0, 0.1) is 5.92 Å². The van der Waals surface area contributed by atoms with E-state index in [1.807, 2.05) is 0 Å². The molecule has 1 fully saturated rings. The number of hydrogen-bond donors (Lipinski definition) is 0. The number of fused-ring (bicyclic) bond motifs is 2. The number of carbonyl (C=O) groups is 1. The highest BCUT2D eigenvalue weighted by Gasteiger charge is 2.27. The number of carbonyl (C=O) groups excluding carboxylic acids is 1. The van der Waals surface area contributed by atoms with E-state index in [9.17, 15) is 9.59 Å². The van der Waals surface area contributed by atoms with Gasteiger partial charge in [0.2, 0.25) is 0 Å². The molecule has 0 aliphatic carbocycles. The maximum Gasteiger partial charge on any atom is 0.343 e. The molecule has 0 spiro atoms. The average Bonchev–Trinajstić information content (AvgIpc) is 3.10. The number of hydrogen-bond acceptors (Lipinski definition) is 6. The molecule has 7 nitrogen and oxygen atoms in total. The van der Waals surface area contributed by atoms with Crippen LogP contribution < -0.4 is 10.3 Å². The van der Waals surface area contributed by atoms with Gasteiger partial charge in [-0.25, -0.2) is 4.79 Å². The van der Waals surface area contributed by atoms with Crippen LogP contribution >= 0.6 is 0 Å². The largest absolute Gasteiger partial charge is 0.492 e. The Bertz CT molecular complexity index is 1300. The third-order valence-electron chi connectivity index (χ3n) is 7.55. The van der Waals surface area contributed by atoms with Gasteiger partial charge in [0.15, 0.2) is 0 Å². The van der Waals surface area contributed by atoms with Crippen LogP contribution in [0.2, 0.25) is 0 Å². The van der Waals surface area contributed by atoms with Crippen LogP contribution in [-0.4, -0.2) is 67.3 Å². The summed E-state index contributed by atoms with van der Waals surface area (Å²) in [4.78, 5) is 30.7. The molecule has 2 aliphatic rings. The highest BCUT2D eigenvalue weighted by molar-refractivity contribution is 5.93. The molecule has 36 heavy (non-hydrogen) atoms. The van der Waals surface area contributed by atoms with Crippen molar-refractivity contribution in [3.63, 3.8) is 0 Å². The fraction of sp³-hybridized carbons (Fsp3) is 0.448. The zero-order valence-electron chi connectivity index (χ0n) is 21.2. The molecule has 190 valence electrons. The van der Waals surface area contributed by atoms with E-state index in [4.69, 9.17) is 9.47 Å². The van der Waals surface area contributed by atoms with Gasteiger partial charge in [0.1, 0.15) is 11.3 Å². The van der Waals surface area contributed by atoms with Crippen molar-refractivity contribution in [2.24, 2.45) is 5.92 Å². The first-order valence-electron chi connectivity index (χ1n) is 12.9. The summed E-state index contributed by atoms with van der Waals surface area (Å²) in [6, 6.07) is 16.3. The molecule has 3 heterocycles. The number of ether oxygens (including phenoxy) is 2. The smallest absolute Gasteiger partial charge is 0.343 e. The van der Waals surface area contributed by atoms with Crippen molar-refractivity contribution in [3.8, 4) is 5.75 Å². The Hall–Kier alpha value is -3.16. The number of benzene rings is 2. The fourth-order valence-electron chi connectivity index (χ4n) is 5.68. The summed E-state index contributed by atoms with van der Waals surface area (Å²) in [6.45, 7) is 5.33. The summed E-state index contributed by atoms with van der Waals surface area (Å²) in [5.41, 5.74) is 2.25. The summed E-state index contributed by atoms with van der Waals surface area (Å²) in [5, 5.41) is 2.47. The average molecular weight is 490 g/mol. The summed E-state index contributed by atoms with van der Waals surface area (Å²) < 4.78 is 13.0. The van der Waals surface area contributed by atoms with Gasteiger partial charge in [-0.2, -0.15) is 0 Å². The lowest BCUT2D eigenvalue weighted by Crippen LogP contribution is -2.35.